The number of nitrogens with zero attached hydrogens (tertiary/aromatic N) is 3. The zero-order valence-electron chi connectivity index (χ0n) is 12.7. The molecule has 0 radical (unpaired) electrons. The lowest BCUT2D eigenvalue weighted by atomic mass is 9.92. The quantitative estimate of drug-likeness (QED) is 0.876. The summed E-state index contributed by atoms with van der Waals surface area (Å²) in [7, 11) is 0. The van der Waals surface area contributed by atoms with E-state index in [0.29, 0.717) is 6.04 Å². The van der Waals surface area contributed by atoms with Crippen LogP contribution in [0.5, 0.6) is 0 Å². The predicted molar refractivity (Wildman–Crippen MR) is 89.5 cm³/mol. The van der Waals surface area contributed by atoms with Gasteiger partial charge in [0.05, 0.1) is 11.0 Å². The summed E-state index contributed by atoms with van der Waals surface area (Å²) in [5.41, 5.74) is 2.10. The van der Waals surface area contributed by atoms with Crippen LogP contribution in [0, 0.1) is 5.92 Å². The monoisotopic (exact) mass is 320 g/mol. The number of piperidine rings is 1. The average molecular weight is 321 g/mol. The molecule has 1 N–H and O–H groups in total. The average Bonchev–Trinajstić information content (AvgIpc) is 3.05. The lowest BCUT2D eigenvalue weighted by Crippen LogP contribution is -2.44. The van der Waals surface area contributed by atoms with Crippen molar-refractivity contribution in [1.82, 2.24) is 14.9 Å². The number of carbonyl (C=O) groups is 1. The summed E-state index contributed by atoms with van der Waals surface area (Å²) in [5, 5.41) is 3.41. The third-order valence-corrected chi connectivity index (χ3v) is 4.66. The Hall–Kier alpha value is -1.59. The molecule has 0 spiro atoms. The van der Waals surface area contributed by atoms with Gasteiger partial charge in [0, 0.05) is 25.0 Å². The number of imidazole rings is 1. The number of anilines is 1. The molecule has 1 saturated heterocycles. The topological polar surface area (TPSA) is 50.2 Å². The molecule has 118 valence electrons. The second kappa shape index (κ2) is 5.89. The maximum absolute atomic E-state index is 12.8. The number of halogens is 1. The molecule has 0 bridgehead atoms. The Morgan fingerprint density at radius 1 is 1.32 bits per heavy atom. The maximum Gasteiger partial charge on any atom is 0.232 e. The van der Waals surface area contributed by atoms with Crippen molar-refractivity contribution in [2.24, 2.45) is 5.92 Å². The normalized spacial score (nSPS) is 24.1. The third-order valence-electron chi connectivity index (χ3n) is 4.66. The Kier molecular flexibility index (Phi) is 4.10. The summed E-state index contributed by atoms with van der Waals surface area (Å²) >= 11 is 0. The highest BCUT2D eigenvalue weighted by atomic mass is 35.5. The molecular formula is C16H21ClN4O. The second-order valence-electron chi connectivity index (χ2n) is 6.12. The van der Waals surface area contributed by atoms with E-state index in [1.165, 1.54) is 0 Å². The van der Waals surface area contributed by atoms with Crippen LogP contribution in [0.3, 0.4) is 0 Å². The Balaban J connectivity index is 0.00000144. The van der Waals surface area contributed by atoms with E-state index in [1.807, 2.05) is 23.1 Å². The number of hydrogen-bond donors (Lipinski definition) is 1. The van der Waals surface area contributed by atoms with Gasteiger partial charge in [-0.15, -0.1) is 12.4 Å². The minimum Gasteiger partial charge on any atom is -0.314 e. The van der Waals surface area contributed by atoms with Gasteiger partial charge in [0.1, 0.15) is 0 Å². The van der Waals surface area contributed by atoms with Crippen LogP contribution in [-0.4, -0.2) is 34.6 Å². The SMILES string of the molecule is C[C@H]1C[C@@H](C(=O)N2CCn3c2nc2ccccc23)CCN1.Cl. The molecule has 22 heavy (non-hydrogen) atoms. The molecule has 2 aromatic rings. The first-order valence-corrected chi connectivity index (χ1v) is 7.74. The van der Waals surface area contributed by atoms with Gasteiger partial charge in [0.15, 0.2) is 0 Å². The highest BCUT2D eigenvalue weighted by molar-refractivity contribution is 5.96. The maximum atomic E-state index is 12.8. The van der Waals surface area contributed by atoms with Crippen LogP contribution in [0.1, 0.15) is 19.8 Å². The van der Waals surface area contributed by atoms with Crippen molar-refractivity contribution in [2.45, 2.75) is 32.4 Å². The molecule has 1 amide bonds. The van der Waals surface area contributed by atoms with Gasteiger partial charge in [-0.25, -0.2) is 4.98 Å². The fraction of sp³-hybridized carbons (Fsp3) is 0.500. The minimum absolute atomic E-state index is 0. The highest BCUT2D eigenvalue weighted by Gasteiger charge is 2.34. The molecule has 2 aliphatic rings. The van der Waals surface area contributed by atoms with Crippen LogP contribution in [0.2, 0.25) is 0 Å². The van der Waals surface area contributed by atoms with Crippen molar-refractivity contribution in [3.63, 3.8) is 0 Å². The molecule has 0 unspecified atom stereocenters. The number of amides is 1. The molecule has 5 nitrogen and oxygen atoms in total. The van der Waals surface area contributed by atoms with Crippen molar-refractivity contribution in [1.29, 1.82) is 0 Å². The van der Waals surface area contributed by atoms with Gasteiger partial charge in [-0.05, 0) is 38.4 Å². The molecule has 2 atom stereocenters. The van der Waals surface area contributed by atoms with Crippen molar-refractivity contribution >= 4 is 35.3 Å². The Morgan fingerprint density at radius 2 is 2.14 bits per heavy atom. The summed E-state index contributed by atoms with van der Waals surface area (Å²) in [6.45, 7) is 4.69. The van der Waals surface area contributed by atoms with Crippen molar-refractivity contribution in [2.75, 3.05) is 18.0 Å². The number of rotatable bonds is 1. The van der Waals surface area contributed by atoms with Gasteiger partial charge in [-0.1, -0.05) is 12.1 Å². The number of nitrogens with one attached hydrogen (secondary N) is 1. The van der Waals surface area contributed by atoms with Gasteiger partial charge in [0.2, 0.25) is 11.9 Å². The summed E-state index contributed by atoms with van der Waals surface area (Å²) in [6, 6.07) is 8.53. The number of fused-ring (bicyclic) bond motifs is 3. The molecule has 0 aliphatic carbocycles. The minimum atomic E-state index is 0. The number of aromatic nitrogens is 2. The first kappa shape index (κ1) is 15.3. The van der Waals surface area contributed by atoms with Gasteiger partial charge in [-0.2, -0.15) is 0 Å². The van der Waals surface area contributed by atoms with Gasteiger partial charge < -0.3 is 9.88 Å². The molecule has 4 rings (SSSR count). The van der Waals surface area contributed by atoms with Crippen LogP contribution < -0.4 is 10.2 Å². The van der Waals surface area contributed by atoms with Gasteiger partial charge in [0.25, 0.3) is 0 Å². The summed E-state index contributed by atoms with van der Waals surface area (Å²) in [6.07, 6.45) is 1.86. The zero-order valence-corrected chi connectivity index (χ0v) is 13.5. The molecule has 2 aliphatic heterocycles. The largest absolute Gasteiger partial charge is 0.314 e. The van der Waals surface area contributed by atoms with E-state index in [4.69, 9.17) is 0 Å². The van der Waals surface area contributed by atoms with E-state index in [9.17, 15) is 4.79 Å². The highest BCUT2D eigenvalue weighted by Crippen LogP contribution is 2.30. The van der Waals surface area contributed by atoms with Crippen molar-refractivity contribution in [3.8, 4) is 0 Å². The van der Waals surface area contributed by atoms with Crippen LogP contribution in [0.25, 0.3) is 11.0 Å². The predicted octanol–water partition coefficient (Wildman–Crippen LogP) is 2.19. The fourth-order valence-electron chi connectivity index (χ4n) is 3.57. The lowest BCUT2D eigenvalue weighted by molar-refractivity contribution is -0.123. The Labute approximate surface area is 136 Å². The van der Waals surface area contributed by atoms with Crippen LogP contribution in [-0.2, 0) is 11.3 Å². The van der Waals surface area contributed by atoms with Crippen LogP contribution in [0.4, 0.5) is 5.95 Å². The van der Waals surface area contributed by atoms with Crippen molar-refractivity contribution in [3.05, 3.63) is 24.3 Å². The van der Waals surface area contributed by atoms with E-state index in [-0.39, 0.29) is 24.2 Å². The first-order valence-electron chi connectivity index (χ1n) is 7.74. The number of carbonyl (C=O) groups excluding carboxylic acids is 1. The zero-order chi connectivity index (χ0) is 14.4. The molecule has 1 fully saturated rings. The molecule has 6 heteroatoms. The van der Waals surface area contributed by atoms with Crippen LogP contribution >= 0.6 is 12.4 Å². The van der Waals surface area contributed by atoms with E-state index >= 15 is 0 Å². The number of benzene rings is 1. The molecular weight excluding hydrogens is 300 g/mol. The summed E-state index contributed by atoms with van der Waals surface area (Å²) < 4.78 is 2.16. The second-order valence-corrected chi connectivity index (χ2v) is 6.12. The van der Waals surface area contributed by atoms with Gasteiger partial charge in [-0.3, -0.25) is 9.69 Å². The van der Waals surface area contributed by atoms with Crippen LogP contribution in [0.15, 0.2) is 24.3 Å². The summed E-state index contributed by atoms with van der Waals surface area (Å²) in [5.74, 6) is 1.21. The standard InChI is InChI=1S/C16H20N4O.ClH/c1-11-10-12(6-7-17-11)15(21)20-9-8-19-14-5-3-2-4-13(14)18-16(19)20;/h2-5,11-12,17H,6-10H2,1H3;1H/t11-,12-;/m0./s1. The van der Waals surface area contributed by atoms with E-state index in [0.717, 1.165) is 49.5 Å². The molecule has 1 aromatic heterocycles. The Bertz CT molecular complexity index is 699. The fourth-order valence-corrected chi connectivity index (χ4v) is 3.57. The van der Waals surface area contributed by atoms with Crippen molar-refractivity contribution < 1.29 is 4.79 Å². The number of para-hydroxylation sites is 2. The van der Waals surface area contributed by atoms with E-state index in [1.54, 1.807) is 0 Å². The molecule has 3 heterocycles. The Morgan fingerprint density at radius 3 is 2.95 bits per heavy atom. The third kappa shape index (κ3) is 2.38. The first-order chi connectivity index (χ1) is 10.2. The molecule has 1 aromatic carbocycles. The van der Waals surface area contributed by atoms with E-state index < -0.39 is 0 Å². The van der Waals surface area contributed by atoms with Gasteiger partial charge >= 0.3 is 0 Å². The number of hydrogen-bond acceptors (Lipinski definition) is 3. The molecule has 0 saturated carbocycles. The van der Waals surface area contributed by atoms with E-state index in [2.05, 4.69) is 27.9 Å². The smallest absolute Gasteiger partial charge is 0.232 e. The lowest BCUT2D eigenvalue weighted by Gasteiger charge is -2.29. The summed E-state index contributed by atoms with van der Waals surface area (Å²) in [4.78, 5) is 19.4.